The lowest BCUT2D eigenvalue weighted by atomic mass is 10.1. The maximum Gasteiger partial charge on any atom is 0.266 e. The van der Waals surface area contributed by atoms with Gasteiger partial charge in [-0.25, -0.2) is 4.68 Å². The number of methoxy groups -OCH3 is 3. The molecule has 176 valence electrons. The number of benzene rings is 2. The molecule has 0 saturated carbocycles. The normalized spacial score (nSPS) is 14.8. The van der Waals surface area contributed by atoms with E-state index in [1.54, 1.807) is 30.9 Å². The van der Waals surface area contributed by atoms with E-state index in [0.717, 1.165) is 28.9 Å². The molecular weight excluding hydrogens is 470 g/mol. The minimum Gasteiger partial charge on any atom is -0.493 e. The first-order chi connectivity index (χ1) is 16.5. The van der Waals surface area contributed by atoms with Crippen LogP contribution in [-0.2, 0) is 9.53 Å². The fourth-order valence-corrected chi connectivity index (χ4v) is 4.91. The Labute approximate surface area is 208 Å². The van der Waals surface area contributed by atoms with Gasteiger partial charge in [0.15, 0.2) is 11.5 Å². The van der Waals surface area contributed by atoms with Gasteiger partial charge in [-0.1, -0.05) is 42.2 Å². The van der Waals surface area contributed by atoms with Crippen LogP contribution in [0.3, 0.4) is 0 Å². The highest BCUT2D eigenvalue weighted by molar-refractivity contribution is 8.26. The largest absolute Gasteiger partial charge is 0.493 e. The Bertz CT molecular complexity index is 1220. The van der Waals surface area contributed by atoms with Crippen LogP contribution in [0.5, 0.6) is 11.5 Å². The van der Waals surface area contributed by atoms with Crippen molar-refractivity contribution in [2.45, 2.75) is 6.42 Å². The van der Waals surface area contributed by atoms with E-state index in [2.05, 4.69) is 0 Å². The van der Waals surface area contributed by atoms with Crippen molar-refractivity contribution in [1.82, 2.24) is 14.7 Å². The van der Waals surface area contributed by atoms with Crippen LogP contribution in [0, 0.1) is 0 Å². The number of aromatic nitrogens is 2. The highest BCUT2D eigenvalue weighted by Crippen LogP contribution is 2.37. The summed E-state index contributed by atoms with van der Waals surface area (Å²) in [5.74, 6) is 1.13. The average molecular weight is 496 g/mol. The number of hydrogen-bond donors (Lipinski definition) is 0. The minimum atomic E-state index is -0.100. The van der Waals surface area contributed by atoms with Crippen LogP contribution >= 0.6 is 24.0 Å². The summed E-state index contributed by atoms with van der Waals surface area (Å²) in [6, 6.07) is 15.5. The van der Waals surface area contributed by atoms with Crippen LogP contribution in [0.4, 0.5) is 0 Å². The second-order valence-corrected chi connectivity index (χ2v) is 9.14. The summed E-state index contributed by atoms with van der Waals surface area (Å²) >= 11 is 6.77. The third-order valence-corrected chi connectivity index (χ3v) is 6.69. The maximum absolute atomic E-state index is 13.1. The number of rotatable bonds is 9. The first kappa shape index (κ1) is 24.0. The predicted octanol–water partition coefficient (Wildman–Crippen LogP) is 4.79. The van der Waals surface area contributed by atoms with Crippen LogP contribution in [-0.4, -0.2) is 59.4 Å². The molecule has 1 saturated heterocycles. The predicted molar refractivity (Wildman–Crippen MR) is 138 cm³/mol. The molecule has 0 N–H and O–H groups in total. The van der Waals surface area contributed by atoms with Gasteiger partial charge in [0, 0.05) is 37.6 Å². The molecule has 0 spiro atoms. The summed E-state index contributed by atoms with van der Waals surface area (Å²) in [5.41, 5.74) is 3.27. The lowest BCUT2D eigenvalue weighted by Crippen LogP contribution is -2.29. The topological polar surface area (TPSA) is 65.8 Å². The molecule has 1 aliphatic heterocycles. The van der Waals surface area contributed by atoms with Crippen molar-refractivity contribution in [2.24, 2.45) is 0 Å². The zero-order valence-electron chi connectivity index (χ0n) is 19.2. The molecule has 0 atom stereocenters. The molecule has 34 heavy (non-hydrogen) atoms. The van der Waals surface area contributed by atoms with Crippen LogP contribution in [0.1, 0.15) is 12.0 Å². The zero-order valence-corrected chi connectivity index (χ0v) is 20.8. The number of carbonyl (C=O) groups is 1. The number of hydrogen-bond acceptors (Lipinski definition) is 7. The van der Waals surface area contributed by atoms with Gasteiger partial charge < -0.3 is 14.2 Å². The van der Waals surface area contributed by atoms with Crippen LogP contribution in [0.15, 0.2) is 59.6 Å². The Morgan fingerprint density at radius 3 is 2.53 bits per heavy atom. The van der Waals surface area contributed by atoms with Gasteiger partial charge in [-0.05, 0) is 42.8 Å². The van der Waals surface area contributed by atoms with Gasteiger partial charge in [0.2, 0.25) is 0 Å². The standard InChI is InChI=1S/C25H25N3O4S2/c1-30-13-7-12-27-24(29)22(34-25(27)33)15-18-16-28(19-8-5-4-6-9-19)26-23(18)17-10-11-20(31-2)21(14-17)32-3/h4-6,8-11,14-16H,7,12-13H2,1-3H3/b22-15-. The molecule has 2 aromatic carbocycles. The Kier molecular flexibility index (Phi) is 7.66. The van der Waals surface area contributed by atoms with Crippen molar-refractivity contribution in [3.05, 3.63) is 65.2 Å². The van der Waals surface area contributed by atoms with Gasteiger partial charge in [0.1, 0.15) is 10.0 Å². The van der Waals surface area contributed by atoms with Crippen LogP contribution in [0.2, 0.25) is 0 Å². The summed E-state index contributed by atoms with van der Waals surface area (Å²) in [7, 11) is 4.84. The highest BCUT2D eigenvalue weighted by atomic mass is 32.2. The molecule has 4 rings (SSSR count). The minimum absolute atomic E-state index is 0.100. The van der Waals surface area contributed by atoms with E-state index >= 15 is 0 Å². The smallest absolute Gasteiger partial charge is 0.266 e. The fraction of sp³-hybridized carbons (Fsp3) is 0.240. The summed E-state index contributed by atoms with van der Waals surface area (Å²) in [6.45, 7) is 1.10. The number of nitrogens with zero attached hydrogens (tertiary/aromatic N) is 3. The van der Waals surface area contributed by atoms with E-state index < -0.39 is 0 Å². The molecule has 1 aliphatic rings. The van der Waals surface area contributed by atoms with Crippen LogP contribution < -0.4 is 9.47 Å². The molecule has 3 aromatic rings. The summed E-state index contributed by atoms with van der Waals surface area (Å²) in [5, 5.41) is 4.84. The van der Waals surface area contributed by atoms with E-state index in [-0.39, 0.29) is 5.91 Å². The van der Waals surface area contributed by atoms with Crippen molar-refractivity contribution < 1.29 is 19.0 Å². The van der Waals surface area contributed by atoms with Gasteiger partial charge >= 0.3 is 0 Å². The maximum atomic E-state index is 13.1. The Hall–Kier alpha value is -3.14. The van der Waals surface area contributed by atoms with Gasteiger partial charge in [-0.3, -0.25) is 9.69 Å². The summed E-state index contributed by atoms with van der Waals surface area (Å²) < 4.78 is 18.3. The monoisotopic (exact) mass is 495 g/mol. The Balaban J connectivity index is 1.75. The van der Waals surface area contributed by atoms with Gasteiger partial charge in [-0.2, -0.15) is 5.10 Å². The SMILES string of the molecule is COCCCN1C(=O)/C(=C/c2cn(-c3ccccc3)nc2-c2ccc(OC)c(OC)c2)SC1=S. The van der Waals surface area contributed by atoms with Gasteiger partial charge in [0.05, 0.1) is 24.8 Å². The highest BCUT2D eigenvalue weighted by Gasteiger charge is 2.32. The first-order valence-corrected chi connectivity index (χ1v) is 11.9. The lowest BCUT2D eigenvalue weighted by molar-refractivity contribution is -0.122. The molecule has 0 bridgehead atoms. The van der Waals surface area contributed by atoms with E-state index in [4.69, 9.17) is 31.5 Å². The van der Waals surface area contributed by atoms with Gasteiger partial charge in [-0.15, -0.1) is 0 Å². The zero-order chi connectivity index (χ0) is 24.1. The quantitative estimate of drug-likeness (QED) is 0.240. The number of amides is 1. The number of thioether (sulfide) groups is 1. The molecule has 2 heterocycles. The second-order valence-electron chi connectivity index (χ2n) is 7.46. The third-order valence-electron chi connectivity index (χ3n) is 5.31. The number of ether oxygens (including phenoxy) is 3. The van der Waals surface area contributed by atoms with E-state index in [9.17, 15) is 4.79 Å². The second kappa shape index (κ2) is 10.9. The van der Waals surface area contributed by atoms with Crippen molar-refractivity contribution >= 4 is 40.3 Å². The van der Waals surface area contributed by atoms with Crippen molar-refractivity contribution in [3.63, 3.8) is 0 Å². The molecule has 1 fully saturated rings. The molecule has 9 heteroatoms. The molecule has 1 aromatic heterocycles. The molecular formula is C25H25N3O4S2. The molecule has 0 radical (unpaired) electrons. The number of carbonyl (C=O) groups excluding carboxylic acids is 1. The van der Waals surface area contributed by atoms with Crippen LogP contribution in [0.25, 0.3) is 23.0 Å². The molecule has 0 unspecified atom stereocenters. The van der Waals surface area contributed by atoms with Crippen molar-refractivity contribution in [1.29, 1.82) is 0 Å². The van der Waals surface area contributed by atoms with Gasteiger partial charge in [0.25, 0.3) is 5.91 Å². The van der Waals surface area contributed by atoms with E-state index in [0.29, 0.717) is 33.9 Å². The Morgan fingerprint density at radius 1 is 1.06 bits per heavy atom. The number of thiocarbonyl (C=S) groups is 1. The third kappa shape index (κ3) is 5.01. The molecule has 7 nitrogen and oxygen atoms in total. The lowest BCUT2D eigenvalue weighted by Gasteiger charge is -2.13. The number of para-hydroxylation sites is 1. The van der Waals surface area contributed by atoms with Crippen molar-refractivity contribution in [3.8, 4) is 28.4 Å². The first-order valence-electron chi connectivity index (χ1n) is 10.7. The van der Waals surface area contributed by atoms with E-state index in [1.165, 1.54) is 11.8 Å². The van der Waals surface area contributed by atoms with E-state index in [1.807, 2.05) is 60.8 Å². The average Bonchev–Trinajstić information content (AvgIpc) is 3.40. The Morgan fingerprint density at radius 2 is 1.82 bits per heavy atom. The van der Waals surface area contributed by atoms with Crippen molar-refractivity contribution in [2.75, 3.05) is 34.5 Å². The fourth-order valence-electron chi connectivity index (χ4n) is 3.61. The summed E-state index contributed by atoms with van der Waals surface area (Å²) in [4.78, 5) is 15.3. The molecule has 0 aliphatic carbocycles. The molecule has 1 amide bonds. The summed E-state index contributed by atoms with van der Waals surface area (Å²) in [6.07, 6.45) is 4.49.